The van der Waals surface area contributed by atoms with Crippen LogP contribution in [0.4, 0.5) is 0 Å². The van der Waals surface area contributed by atoms with Crippen LogP contribution in [-0.2, 0) is 11.3 Å². The van der Waals surface area contributed by atoms with Crippen LogP contribution in [0.3, 0.4) is 0 Å². The van der Waals surface area contributed by atoms with Gasteiger partial charge in [0.05, 0.1) is 11.9 Å². The summed E-state index contributed by atoms with van der Waals surface area (Å²) in [6, 6.07) is 7.39. The van der Waals surface area contributed by atoms with E-state index in [4.69, 9.17) is 0 Å². The summed E-state index contributed by atoms with van der Waals surface area (Å²) in [5, 5.41) is 11.8. The lowest BCUT2D eigenvalue weighted by Gasteiger charge is -2.31. The molecule has 1 amide bonds. The Morgan fingerprint density at radius 3 is 3.05 bits per heavy atom. The lowest BCUT2D eigenvalue weighted by molar-refractivity contribution is -0.132. The minimum Gasteiger partial charge on any atom is -0.340 e. The van der Waals surface area contributed by atoms with E-state index in [0.29, 0.717) is 30.0 Å². The van der Waals surface area contributed by atoms with Crippen LogP contribution in [0.1, 0.15) is 13.3 Å². The number of hydrogen-bond donors (Lipinski definition) is 1. The molecule has 1 unspecified atom stereocenters. The minimum atomic E-state index is -0.202. The quantitative estimate of drug-likeness (QED) is 0.863. The van der Waals surface area contributed by atoms with Crippen molar-refractivity contribution in [1.29, 1.82) is 0 Å². The van der Waals surface area contributed by atoms with Gasteiger partial charge in [-0.25, -0.2) is 4.68 Å². The Balaban J connectivity index is 1.70. The van der Waals surface area contributed by atoms with Crippen molar-refractivity contribution < 1.29 is 4.79 Å². The van der Waals surface area contributed by atoms with Crippen molar-refractivity contribution in [3.8, 4) is 0 Å². The number of nitrogens with one attached hydrogen (secondary N) is 1. The molecule has 22 heavy (non-hydrogen) atoms. The summed E-state index contributed by atoms with van der Waals surface area (Å²) in [6.45, 7) is 4.54. The Labute approximate surface area is 127 Å². The molecule has 2 aromatic rings. The average molecular weight is 301 g/mol. The van der Waals surface area contributed by atoms with Gasteiger partial charge in [-0.05, 0) is 19.1 Å². The molecular weight excluding hydrogens is 282 g/mol. The first-order valence-corrected chi connectivity index (χ1v) is 7.49. The number of aryl methyl sites for hydroxylation is 1. The third-order valence-corrected chi connectivity index (χ3v) is 3.89. The predicted octanol–water partition coefficient (Wildman–Crippen LogP) is 0.00190. The van der Waals surface area contributed by atoms with Crippen LogP contribution in [0, 0.1) is 0 Å². The van der Waals surface area contributed by atoms with Gasteiger partial charge in [-0.3, -0.25) is 9.59 Å². The van der Waals surface area contributed by atoms with Crippen molar-refractivity contribution in [3.05, 3.63) is 34.6 Å². The van der Waals surface area contributed by atoms with Crippen molar-refractivity contribution >= 4 is 16.8 Å². The zero-order valence-electron chi connectivity index (χ0n) is 12.5. The molecule has 2 heterocycles. The van der Waals surface area contributed by atoms with Crippen LogP contribution >= 0.6 is 0 Å². The van der Waals surface area contributed by atoms with Gasteiger partial charge in [0.25, 0.3) is 5.56 Å². The van der Waals surface area contributed by atoms with Crippen LogP contribution in [0.15, 0.2) is 29.1 Å². The number of piperazine rings is 1. The van der Waals surface area contributed by atoms with Crippen LogP contribution in [-0.4, -0.2) is 51.5 Å². The zero-order valence-corrected chi connectivity index (χ0v) is 12.5. The highest BCUT2D eigenvalue weighted by Gasteiger charge is 2.20. The zero-order chi connectivity index (χ0) is 15.5. The van der Waals surface area contributed by atoms with E-state index in [1.165, 1.54) is 4.68 Å². The molecule has 1 N–H and O–H groups in total. The number of amides is 1. The molecule has 7 heteroatoms. The topological polar surface area (TPSA) is 80.1 Å². The van der Waals surface area contributed by atoms with Gasteiger partial charge in [0.1, 0.15) is 5.52 Å². The van der Waals surface area contributed by atoms with Gasteiger partial charge in [0.15, 0.2) is 0 Å². The van der Waals surface area contributed by atoms with Gasteiger partial charge in [-0.2, -0.15) is 0 Å². The van der Waals surface area contributed by atoms with E-state index in [9.17, 15) is 9.59 Å². The van der Waals surface area contributed by atoms with E-state index in [2.05, 4.69) is 22.6 Å². The van der Waals surface area contributed by atoms with Gasteiger partial charge in [-0.1, -0.05) is 17.3 Å². The number of aromatic nitrogens is 3. The lowest BCUT2D eigenvalue weighted by Crippen LogP contribution is -2.51. The maximum atomic E-state index is 12.3. The average Bonchev–Trinajstić information content (AvgIpc) is 2.54. The first-order valence-electron chi connectivity index (χ1n) is 7.49. The molecule has 0 bridgehead atoms. The molecule has 0 aliphatic carbocycles. The summed E-state index contributed by atoms with van der Waals surface area (Å²) in [7, 11) is 0. The summed E-state index contributed by atoms with van der Waals surface area (Å²) >= 11 is 0. The predicted molar refractivity (Wildman–Crippen MR) is 82.5 cm³/mol. The van der Waals surface area contributed by atoms with Gasteiger partial charge >= 0.3 is 0 Å². The summed E-state index contributed by atoms with van der Waals surface area (Å²) < 4.78 is 1.27. The highest BCUT2D eigenvalue weighted by Crippen LogP contribution is 2.05. The molecule has 1 aromatic heterocycles. The van der Waals surface area contributed by atoms with Crippen LogP contribution < -0.4 is 10.9 Å². The molecular formula is C15H19N5O2. The second-order valence-electron chi connectivity index (χ2n) is 5.58. The maximum absolute atomic E-state index is 12.3. The van der Waals surface area contributed by atoms with E-state index in [0.717, 1.165) is 6.54 Å². The lowest BCUT2D eigenvalue weighted by atomic mass is 10.2. The number of rotatable bonds is 3. The highest BCUT2D eigenvalue weighted by atomic mass is 16.2. The van der Waals surface area contributed by atoms with Crippen LogP contribution in [0.5, 0.6) is 0 Å². The first kappa shape index (κ1) is 14.6. The maximum Gasteiger partial charge on any atom is 0.277 e. The monoisotopic (exact) mass is 301 g/mol. The highest BCUT2D eigenvalue weighted by molar-refractivity contribution is 5.77. The summed E-state index contributed by atoms with van der Waals surface area (Å²) in [5.41, 5.74) is 0.373. The third kappa shape index (κ3) is 2.99. The molecule has 1 aromatic carbocycles. The first-order chi connectivity index (χ1) is 10.6. The van der Waals surface area contributed by atoms with Crippen LogP contribution in [0.2, 0.25) is 0 Å². The van der Waals surface area contributed by atoms with E-state index in [1.54, 1.807) is 18.2 Å². The summed E-state index contributed by atoms with van der Waals surface area (Å²) in [5.74, 6) is 0.0511. The molecule has 116 valence electrons. The van der Waals surface area contributed by atoms with Gasteiger partial charge < -0.3 is 10.2 Å². The van der Waals surface area contributed by atoms with Crippen molar-refractivity contribution in [1.82, 2.24) is 25.2 Å². The van der Waals surface area contributed by atoms with E-state index in [1.807, 2.05) is 11.0 Å². The largest absolute Gasteiger partial charge is 0.340 e. The Kier molecular flexibility index (Phi) is 4.15. The molecule has 1 atom stereocenters. The molecule has 0 radical (unpaired) electrons. The van der Waals surface area contributed by atoms with Crippen molar-refractivity contribution in [2.45, 2.75) is 25.9 Å². The fraction of sp³-hybridized carbons (Fsp3) is 0.467. The standard InChI is InChI=1S/C15H19N5O2/c1-11-10-19(9-7-16-11)14(21)6-8-20-15(22)12-4-2-3-5-13(12)17-18-20/h2-5,11,16H,6-10H2,1H3. The molecule has 7 nitrogen and oxygen atoms in total. The number of carbonyl (C=O) groups excluding carboxylic acids is 1. The fourth-order valence-corrected chi connectivity index (χ4v) is 2.69. The van der Waals surface area contributed by atoms with E-state index >= 15 is 0 Å². The molecule has 1 fully saturated rings. The fourth-order valence-electron chi connectivity index (χ4n) is 2.69. The van der Waals surface area contributed by atoms with Crippen molar-refractivity contribution in [2.24, 2.45) is 0 Å². The Morgan fingerprint density at radius 2 is 2.23 bits per heavy atom. The molecule has 1 saturated heterocycles. The van der Waals surface area contributed by atoms with Crippen molar-refractivity contribution in [3.63, 3.8) is 0 Å². The Hall–Kier alpha value is -2.28. The number of benzene rings is 1. The van der Waals surface area contributed by atoms with Gasteiger partial charge in [0.2, 0.25) is 5.91 Å². The molecule has 1 aliphatic rings. The minimum absolute atomic E-state index is 0.0511. The summed E-state index contributed by atoms with van der Waals surface area (Å²) in [6.07, 6.45) is 0.264. The van der Waals surface area contributed by atoms with Gasteiger partial charge in [-0.15, -0.1) is 5.10 Å². The van der Waals surface area contributed by atoms with Crippen molar-refractivity contribution in [2.75, 3.05) is 19.6 Å². The van der Waals surface area contributed by atoms with E-state index in [-0.39, 0.29) is 24.4 Å². The number of nitrogens with zero attached hydrogens (tertiary/aromatic N) is 4. The molecule has 1 aliphatic heterocycles. The van der Waals surface area contributed by atoms with Gasteiger partial charge in [0, 0.05) is 32.1 Å². The number of carbonyl (C=O) groups is 1. The number of fused-ring (bicyclic) bond motifs is 1. The molecule has 0 saturated carbocycles. The van der Waals surface area contributed by atoms with E-state index < -0.39 is 0 Å². The second-order valence-corrected chi connectivity index (χ2v) is 5.58. The smallest absolute Gasteiger partial charge is 0.277 e. The Morgan fingerprint density at radius 1 is 1.41 bits per heavy atom. The molecule has 3 rings (SSSR count). The van der Waals surface area contributed by atoms with Crippen LogP contribution in [0.25, 0.3) is 10.9 Å². The molecule has 0 spiro atoms. The number of hydrogen-bond acceptors (Lipinski definition) is 5. The second kappa shape index (κ2) is 6.23. The third-order valence-electron chi connectivity index (χ3n) is 3.89. The SMILES string of the molecule is CC1CN(C(=O)CCn2nnc3ccccc3c2=O)CCN1. The summed E-state index contributed by atoms with van der Waals surface area (Å²) in [4.78, 5) is 26.4. The Bertz CT molecular complexity index is 742. The normalized spacial score (nSPS) is 18.6.